The van der Waals surface area contributed by atoms with Crippen LogP contribution in [0, 0.1) is 11.8 Å². The molecule has 70 valence electrons. The van der Waals surface area contributed by atoms with Gasteiger partial charge in [-0.1, -0.05) is 6.92 Å². The van der Waals surface area contributed by atoms with Crippen molar-refractivity contribution in [3.05, 3.63) is 0 Å². The number of rotatable bonds is 5. The maximum atomic E-state index is 5.98. The maximum absolute atomic E-state index is 5.98. The largest absolute Gasteiger partial charge is 0.327 e. The van der Waals surface area contributed by atoms with E-state index < -0.39 is 0 Å². The van der Waals surface area contributed by atoms with Gasteiger partial charge in [0.25, 0.3) is 0 Å². The highest BCUT2D eigenvalue weighted by atomic mass is 15.0. The molecule has 0 aromatic carbocycles. The molecule has 2 saturated carbocycles. The van der Waals surface area contributed by atoms with Crippen LogP contribution in [0.2, 0.25) is 0 Å². The summed E-state index contributed by atoms with van der Waals surface area (Å²) in [5, 5.41) is 3.54. The van der Waals surface area contributed by atoms with Gasteiger partial charge in [-0.2, -0.15) is 0 Å². The lowest BCUT2D eigenvalue weighted by Crippen LogP contribution is -2.29. The summed E-state index contributed by atoms with van der Waals surface area (Å²) in [4.78, 5) is 0. The van der Waals surface area contributed by atoms with E-state index in [0.717, 1.165) is 24.4 Å². The molecule has 0 saturated heterocycles. The van der Waals surface area contributed by atoms with Gasteiger partial charge in [-0.15, -0.1) is 0 Å². The lowest BCUT2D eigenvalue weighted by atomic mass is 10.1. The third-order valence-electron chi connectivity index (χ3n) is 3.22. The van der Waals surface area contributed by atoms with Gasteiger partial charge in [0.15, 0.2) is 0 Å². The first-order valence-electron chi connectivity index (χ1n) is 5.26. The molecule has 2 heteroatoms. The Bertz CT molecular complexity index is 154. The van der Waals surface area contributed by atoms with Crippen LogP contribution in [-0.2, 0) is 0 Å². The van der Waals surface area contributed by atoms with Crippen LogP contribution in [0.4, 0.5) is 0 Å². The third-order valence-corrected chi connectivity index (χ3v) is 3.22. The molecule has 3 N–H and O–H groups in total. The maximum Gasteiger partial charge on any atom is 0.00963 e. The van der Waals surface area contributed by atoms with Gasteiger partial charge >= 0.3 is 0 Å². The Labute approximate surface area is 74.9 Å². The molecule has 0 aromatic rings. The molecule has 3 unspecified atom stereocenters. The number of nitrogens with two attached hydrogens (primary N) is 1. The summed E-state index contributed by atoms with van der Waals surface area (Å²) < 4.78 is 0. The van der Waals surface area contributed by atoms with E-state index in [0.29, 0.717) is 6.04 Å². The Morgan fingerprint density at radius 2 is 2.17 bits per heavy atom. The average molecular weight is 168 g/mol. The first-order valence-corrected chi connectivity index (χ1v) is 5.26. The van der Waals surface area contributed by atoms with Crippen molar-refractivity contribution >= 4 is 0 Å². The van der Waals surface area contributed by atoms with Gasteiger partial charge in [-0.25, -0.2) is 0 Å². The Morgan fingerprint density at radius 1 is 1.50 bits per heavy atom. The van der Waals surface area contributed by atoms with E-state index >= 15 is 0 Å². The Kier molecular flexibility index (Phi) is 2.37. The van der Waals surface area contributed by atoms with E-state index in [1.54, 1.807) is 0 Å². The highest BCUT2D eigenvalue weighted by molar-refractivity contribution is 4.90. The predicted octanol–water partition coefficient (Wildman–Crippen LogP) is 1.11. The van der Waals surface area contributed by atoms with Crippen molar-refractivity contribution in [3.63, 3.8) is 0 Å². The summed E-state index contributed by atoms with van der Waals surface area (Å²) in [6.45, 7) is 3.44. The van der Waals surface area contributed by atoms with Crippen LogP contribution >= 0.6 is 0 Å². The summed E-state index contributed by atoms with van der Waals surface area (Å²) >= 11 is 0. The van der Waals surface area contributed by atoms with Crippen LogP contribution in [0.25, 0.3) is 0 Å². The fourth-order valence-electron chi connectivity index (χ4n) is 1.80. The smallest absolute Gasteiger partial charge is 0.00963 e. The Balaban J connectivity index is 1.50. The highest BCUT2D eigenvalue weighted by Gasteiger charge is 2.32. The topological polar surface area (TPSA) is 38.0 Å². The molecule has 0 radical (unpaired) electrons. The van der Waals surface area contributed by atoms with Gasteiger partial charge in [0.2, 0.25) is 0 Å². The van der Waals surface area contributed by atoms with Crippen molar-refractivity contribution in [2.45, 2.75) is 44.7 Å². The monoisotopic (exact) mass is 168 g/mol. The summed E-state index contributed by atoms with van der Waals surface area (Å²) in [5.74, 6) is 1.78. The molecule has 0 aliphatic heterocycles. The minimum Gasteiger partial charge on any atom is -0.327 e. The minimum absolute atomic E-state index is 0.478. The van der Waals surface area contributed by atoms with Crippen LogP contribution in [-0.4, -0.2) is 18.6 Å². The van der Waals surface area contributed by atoms with Crippen molar-refractivity contribution in [1.29, 1.82) is 0 Å². The van der Waals surface area contributed by atoms with Gasteiger partial charge in [0, 0.05) is 12.1 Å². The molecule has 2 aliphatic rings. The second-order valence-corrected chi connectivity index (χ2v) is 4.56. The fraction of sp³-hybridized carbons (Fsp3) is 1.00. The lowest BCUT2D eigenvalue weighted by Gasteiger charge is -2.10. The molecule has 0 amide bonds. The Morgan fingerprint density at radius 3 is 2.67 bits per heavy atom. The first kappa shape index (κ1) is 8.52. The molecule has 12 heavy (non-hydrogen) atoms. The van der Waals surface area contributed by atoms with Crippen LogP contribution < -0.4 is 11.1 Å². The molecule has 2 nitrogen and oxygen atoms in total. The van der Waals surface area contributed by atoms with Crippen molar-refractivity contribution in [2.24, 2.45) is 17.6 Å². The van der Waals surface area contributed by atoms with E-state index in [9.17, 15) is 0 Å². The molecule has 0 bridgehead atoms. The van der Waals surface area contributed by atoms with E-state index in [4.69, 9.17) is 5.73 Å². The van der Waals surface area contributed by atoms with E-state index in [1.165, 1.54) is 25.7 Å². The predicted molar refractivity (Wildman–Crippen MR) is 50.9 cm³/mol. The van der Waals surface area contributed by atoms with Gasteiger partial charge in [0.05, 0.1) is 0 Å². The van der Waals surface area contributed by atoms with Crippen molar-refractivity contribution in [1.82, 2.24) is 5.32 Å². The zero-order chi connectivity index (χ0) is 8.55. The van der Waals surface area contributed by atoms with Crippen LogP contribution in [0.1, 0.15) is 32.6 Å². The fourth-order valence-corrected chi connectivity index (χ4v) is 1.80. The highest BCUT2D eigenvalue weighted by Crippen LogP contribution is 2.33. The SMILES string of the molecule is CC1CC1NCCC(N)C1CC1. The zero-order valence-corrected chi connectivity index (χ0v) is 7.92. The molecular formula is C10H20N2. The molecule has 0 heterocycles. The standard InChI is InChI=1S/C10H20N2/c1-7-6-10(7)12-5-4-9(11)8-2-3-8/h7-10,12H,2-6,11H2,1H3. The van der Waals surface area contributed by atoms with Crippen LogP contribution in [0.3, 0.4) is 0 Å². The Hall–Kier alpha value is -0.0800. The van der Waals surface area contributed by atoms with Gasteiger partial charge in [0.1, 0.15) is 0 Å². The lowest BCUT2D eigenvalue weighted by molar-refractivity contribution is 0.511. The molecule has 2 fully saturated rings. The van der Waals surface area contributed by atoms with Crippen molar-refractivity contribution < 1.29 is 0 Å². The van der Waals surface area contributed by atoms with Crippen LogP contribution in [0.5, 0.6) is 0 Å². The number of nitrogens with one attached hydrogen (secondary N) is 1. The molecule has 0 spiro atoms. The van der Waals surface area contributed by atoms with Gasteiger partial charge < -0.3 is 11.1 Å². The van der Waals surface area contributed by atoms with E-state index in [2.05, 4.69) is 12.2 Å². The summed E-state index contributed by atoms with van der Waals surface area (Å²) in [7, 11) is 0. The van der Waals surface area contributed by atoms with E-state index in [1.807, 2.05) is 0 Å². The summed E-state index contributed by atoms with van der Waals surface area (Å²) in [5.41, 5.74) is 5.98. The summed E-state index contributed by atoms with van der Waals surface area (Å²) in [6, 6.07) is 1.29. The van der Waals surface area contributed by atoms with Crippen molar-refractivity contribution in [2.75, 3.05) is 6.54 Å². The minimum atomic E-state index is 0.478. The number of hydrogen-bond acceptors (Lipinski definition) is 2. The molecular weight excluding hydrogens is 148 g/mol. The third kappa shape index (κ3) is 2.20. The van der Waals surface area contributed by atoms with Gasteiger partial charge in [-0.3, -0.25) is 0 Å². The molecule has 0 aromatic heterocycles. The normalized spacial score (nSPS) is 36.5. The van der Waals surface area contributed by atoms with Gasteiger partial charge in [-0.05, 0) is 44.1 Å². The molecule has 3 atom stereocenters. The molecule has 2 aliphatic carbocycles. The van der Waals surface area contributed by atoms with E-state index in [-0.39, 0.29) is 0 Å². The molecule has 2 rings (SSSR count). The second-order valence-electron chi connectivity index (χ2n) is 4.56. The first-order chi connectivity index (χ1) is 5.77. The van der Waals surface area contributed by atoms with Crippen LogP contribution in [0.15, 0.2) is 0 Å². The average Bonchev–Trinajstić information content (AvgIpc) is 2.85. The summed E-state index contributed by atoms with van der Waals surface area (Å²) in [6.07, 6.45) is 5.30. The second kappa shape index (κ2) is 3.35. The number of hydrogen-bond donors (Lipinski definition) is 2. The quantitative estimate of drug-likeness (QED) is 0.645. The van der Waals surface area contributed by atoms with Crippen molar-refractivity contribution in [3.8, 4) is 0 Å². The zero-order valence-electron chi connectivity index (χ0n) is 7.92.